The molecule has 0 saturated heterocycles. The molecule has 16 heavy (non-hydrogen) atoms. The third-order valence-electron chi connectivity index (χ3n) is 2.28. The van der Waals surface area contributed by atoms with Crippen molar-refractivity contribution in [2.75, 3.05) is 12.8 Å². The predicted octanol–water partition coefficient (Wildman–Crippen LogP) is 2.13. The van der Waals surface area contributed by atoms with Gasteiger partial charge in [-0.1, -0.05) is 15.9 Å². The zero-order chi connectivity index (χ0) is 12.2. The van der Waals surface area contributed by atoms with E-state index >= 15 is 0 Å². The van der Waals surface area contributed by atoms with Crippen LogP contribution >= 0.6 is 15.9 Å². The van der Waals surface area contributed by atoms with Crippen molar-refractivity contribution in [1.82, 2.24) is 0 Å². The van der Waals surface area contributed by atoms with E-state index in [4.69, 9.17) is 5.73 Å². The highest BCUT2D eigenvalue weighted by Gasteiger charge is 2.09. The molecule has 0 aliphatic carbocycles. The van der Waals surface area contributed by atoms with Gasteiger partial charge < -0.3 is 5.73 Å². The first-order valence-corrected chi connectivity index (χ1v) is 7.81. The number of sulfone groups is 1. The second-order valence-electron chi connectivity index (χ2n) is 3.81. The molecular formula is C11H16BrNO2S. The van der Waals surface area contributed by atoms with Crippen LogP contribution in [0.2, 0.25) is 0 Å². The van der Waals surface area contributed by atoms with Crippen molar-refractivity contribution in [3.63, 3.8) is 0 Å². The molecule has 5 heteroatoms. The van der Waals surface area contributed by atoms with Crippen LogP contribution in [-0.4, -0.2) is 21.2 Å². The fourth-order valence-corrected chi connectivity index (χ4v) is 2.85. The van der Waals surface area contributed by atoms with Crippen molar-refractivity contribution >= 4 is 25.8 Å². The number of hydrogen-bond donors (Lipinski definition) is 1. The summed E-state index contributed by atoms with van der Waals surface area (Å²) in [5, 5.41) is 0. The van der Waals surface area contributed by atoms with E-state index in [2.05, 4.69) is 15.9 Å². The quantitative estimate of drug-likeness (QED) is 0.848. The largest absolute Gasteiger partial charge is 0.330 e. The van der Waals surface area contributed by atoms with E-state index in [0.717, 1.165) is 29.3 Å². The summed E-state index contributed by atoms with van der Waals surface area (Å²) in [5.74, 6) is 0. The van der Waals surface area contributed by atoms with Gasteiger partial charge in [-0.05, 0) is 49.6 Å². The summed E-state index contributed by atoms with van der Waals surface area (Å²) < 4.78 is 23.7. The van der Waals surface area contributed by atoms with Gasteiger partial charge in [-0.3, -0.25) is 0 Å². The summed E-state index contributed by atoms with van der Waals surface area (Å²) >= 11 is 3.33. The molecule has 1 aromatic carbocycles. The fourth-order valence-electron chi connectivity index (χ4n) is 1.45. The zero-order valence-corrected chi connectivity index (χ0v) is 11.6. The average molecular weight is 306 g/mol. The van der Waals surface area contributed by atoms with E-state index in [1.165, 1.54) is 6.26 Å². The van der Waals surface area contributed by atoms with Crippen LogP contribution < -0.4 is 5.73 Å². The Kier molecular flexibility index (Phi) is 4.95. The highest BCUT2D eigenvalue weighted by atomic mass is 79.9. The van der Waals surface area contributed by atoms with Crippen molar-refractivity contribution in [3.8, 4) is 0 Å². The minimum Gasteiger partial charge on any atom is -0.330 e. The standard InChI is InChI=1S/C11H16BrNO2S/c1-16(14,15)11-7-9(4-2-3-5-13)6-10(12)8-11/h6-8H,2-5,13H2,1H3. The smallest absolute Gasteiger partial charge is 0.175 e. The molecule has 0 atom stereocenters. The molecule has 0 aliphatic heterocycles. The lowest BCUT2D eigenvalue weighted by Crippen LogP contribution is -2.01. The molecule has 0 saturated carbocycles. The molecule has 0 heterocycles. The maximum atomic E-state index is 11.4. The van der Waals surface area contributed by atoms with Gasteiger partial charge >= 0.3 is 0 Å². The van der Waals surface area contributed by atoms with Crippen molar-refractivity contribution in [1.29, 1.82) is 0 Å². The zero-order valence-electron chi connectivity index (χ0n) is 9.24. The van der Waals surface area contributed by atoms with Crippen molar-refractivity contribution in [2.24, 2.45) is 5.73 Å². The van der Waals surface area contributed by atoms with Crippen molar-refractivity contribution < 1.29 is 8.42 Å². The van der Waals surface area contributed by atoms with Crippen LogP contribution in [0.15, 0.2) is 27.6 Å². The Balaban J connectivity index is 2.91. The van der Waals surface area contributed by atoms with Gasteiger partial charge in [-0.2, -0.15) is 0 Å². The Labute approximate surface area is 105 Å². The molecule has 0 unspecified atom stereocenters. The Morgan fingerprint density at radius 3 is 2.50 bits per heavy atom. The van der Waals surface area contributed by atoms with Crippen LogP contribution in [0, 0.1) is 0 Å². The van der Waals surface area contributed by atoms with Crippen LogP contribution in [0.4, 0.5) is 0 Å². The number of benzene rings is 1. The lowest BCUT2D eigenvalue weighted by atomic mass is 10.1. The molecule has 2 N–H and O–H groups in total. The third-order valence-corrected chi connectivity index (χ3v) is 3.83. The van der Waals surface area contributed by atoms with Crippen LogP contribution in [0.25, 0.3) is 0 Å². The Morgan fingerprint density at radius 2 is 1.94 bits per heavy atom. The van der Waals surface area contributed by atoms with Crippen molar-refractivity contribution in [2.45, 2.75) is 24.2 Å². The Morgan fingerprint density at radius 1 is 1.25 bits per heavy atom. The van der Waals surface area contributed by atoms with E-state index in [-0.39, 0.29) is 0 Å². The van der Waals surface area contributed by atoms with Gasteiger partial charge in [-0.15, -0.1) is 0 Å². The first kappa shape index (κ1) is 13.7. The Bertz CT molecular complexity index is 457. The van der Waals surface area contributed by atoms with Gasteiger partial charge in [0.1, 0.15) is 0 Å². The molecule has 0 bridgehead atoms. The number of hydrogen-bond acceptors (Lipinski definition) is 3. The third kappa shape index (κ3) is 4.23. The molecule has 0 radical (unpaired) electrons. The fraction of sp³-hybridized carbons (Fsp3) is 0.455. The van der Waals surface area contributed by atoms with Gasteiger partial charge in [0.25, 0.3) is 0 Å². The molecule has 0 aromatic heterocycles. The monoisotopic (exact) mass is 305 g/mol. The second kappa shape index (κ2) is 5.80. The van der Waals surface area contributed by atoms with Gasteiger partial charge in [0, 0.05) is 10.7 Å². The summed E-state index contributed by atoms with van der Waals surface area (Å²) in [5.41, 5.74) is 6.45. The number of unbranched alkanes of at least 4 members (excludes halogenated alkanes) is 1. The summed E-state index contributed by atoms with van der Waals surface area (Å²) in [6.45, 7) is 0.674. The number of halogens is 1. The summed E-state index contributed by atoms with van der Waals surface area (Å²) in [6, 6.07) is 5.31. The molecular weight excluding hydrogens is 290 g/mol. The molecule has 1 rings (SSSR count). The van der Waals surface area contributed by atoms with E-state index in [1.807, 2.05) is 6.07 Å². The van der Waals surface area contributed by atoms with E-state index < -0.39 is 9.84 Å². The molecule has 3 nitrogen and oxygen atoms in total. The first-order chi connectivity index (χ1) is 7.43. The molecule has 0 aliphatic rings. The second-order valence-corrected chi connectivity index (χ2v) is 6.74. The van der Waals surface area contributed by atoms with Crippen LogP contribution in [-0.2, 0) is 16.3 Å². The average Bonchev–Trinajstić information content (AvgIpc) is 2.16. The maximum Gasteiger partial charge on any atom is 0.175 e. The number of rotatable bonds is 5. The SMILES string of the molecule is CS(=O)(=O)c1cc(Br)cc(CCCCN)c1. The normalized spacial score (nSPS) is 11.7. The predicted molar refractivity (Wildman–Crippen MR) is 69.2 cm³/mol. The number of nitrogens with two attached hydrogens (primary N) is 1. The maximum absolute atomic E-state index is 11.4. The highest BCUT2D eigenvalue weighted by Crippen LogP contribution is 2.20. The van der Waals surface area contributed by atoms with Crippen LogP contribution in [0.3, 0.4) is 0 Å². The van der Waals surface area contributed by atoms with Crippen LogP contribution in [0.1, 0.15) is 18.4 Å². The van der Waals surface area contributed by atoms with E-state index in [9.17, 15) is 8.42 Å². The topological polar surface area (TPSA) is 60.2 Å². The lowest BCUT2D eigenvalue weighted by molar-refractivity contribution is 0.601. The molecule has 1 aromatic rings. The molecule has 0 amide bonds. The van der Waals surface area contributed by atoms with Gasteiger partial charge in [-0.25, -0.2) is 8.42 Å². The molecule has 90 valence electrons. The molecule has 0 spiro atoms. The Hall–Kier alpha value is -0.390. The summed E-state index contributed by atoms with van der Waals surface area (Å²) in [7, 11) is -3.13. The summed E-state index contributed by atoms with van der Waals surface area (Å²) in [6.07, 6.45) is 4.02. The first-order valence-electron chi connectivity index (χ1n) is 5.13. The van der Waals surface area contributed by atoms with Crippen molar-refractivity contribution in [3.05, 3.63) is 28.2 Å². The van der Waals surface area contributed by atoms with Crippen LogP contribution in [0.5, 0.6) is 0 Å². The highest BCUT2D eigenvalue weighted by molar-refractivity contribution is 9.10. The number of aryl methyl sites for hydroxylation is 1. The van der Waals surface area contributed by atoms with Gasteiger partial charge in [0.2, 0.25) is 0 Å². The van der Waals surface area contributed by atoms with Gasteiger partial charge in [0.15, 0.2) is 9.84 Å². The minimum atomic E-state index is -3.13. The lowest BCUT2D eigenvalue weighted by Gasteiger charge is -2.05. The summed E-state index contributed by atoms with van der Waals surface area (Å²) in [4.78, 5) is 0.365. The minimum absolute atomic E-state index is 0.365. The molecule has 0 fully saturated rings. The van der Waals surface area contributed by atoms with Gasteiger partial charge in [0.05, 0.1) is 4.90 Å². The van der Waals surface area contributed by atoms with E-state index in [0.29, 0.717) is 11.4 Å². The van der Waals surface area contributed by atoms with E-state index in [1.54, 1.807) is 12.1 Å².